The van der Waals surface area contributed by atoms with E-state index in [1.807, 2.05) is 31.2 Å². The van der Waals surface area contributed by atoms with Crippen molar-refractivity contribution >= 4 is 40.6 Å². The molecule has 0 unspecified atom stereocenters. The van der Waals surface area contributed by atoms with Crippen LogP contribution in [0.1, 0.15) is 22.5 Å². The highest BCUT2D eigenvalue weighted by molar-refractivity contribution is 8.18. The fourth-order valence-corrected chi connectivity index (χ4v) is 4.81. The fraction of sp³-hybridized carbons (Fsp3) is 0.231. The molecule has 3 aromatic rings. The highest BCUT2D eigenvalue weighted by atomic mass is 35.5. The molecule has 0 bridgehead atoms. The first-order valence-corrected chi connectivity index (χ1v) is 12.0. The lowest BCUT2D eigenvalue weighted by Crippen LogP contribution is -2.32. The molecule has 0 radical (unpaired) electrons. The van der Waals surface area contributed by atoms with E-state index in [1.165, 1.54) is 10.5 Å². The highest BCUT2D eigenvalue weighted by Crippen LogP contribution is 2.33. The van der Waals surface area contributed by atoms with Crippen LogP contribution in [0, 0.1) is 13.8 Å². The van der Waals surface area contributed by atoms with Crippen LogP contribution in [0.3, 0.4) is 0 Å². The molecule has 1 fully saturated rings. The van der Waals surface area contributed by atoms with Gasteiger partial charge in [0.1, 0.15) is 12.4 Å². The van der Waals surface area contributed by atoms with Gasteiger partial charge in [-0.15, -0.1) is 0 Å². The molecule has 5 nitrogen and oxygen atoms in total. The van der Waals surface area contributed by atoms with Crippen LogP contribution in [0.4, 0.5) is 4.79 Å². The van der Waals surface area contributed by atoms with Crippen LogP contribution in [0.5, 0.6) is 5.75 Å². The molecule has 170 valence electrons. The lowest BCUT2D eigenvalue weighted by molar-refractivity contribution is -0.123. The number of rotatable bonds is 8. The molecule has 0 atom stereocenters. The lowest BCUT2D eigenvalue weighted by Gasteiger charge is -2.13. The zero-order valence-electron chi connectivity index (χ0n) is 18.6. The highest BCUT2D eigenvalue weighted by Gasteiger charge is 2.35. The number of halogens is 1. The molecule has 33 heavy (non-hydrogen) atoms. The molecule has 1 aliphatic heterocycles. The Hall–Kier alpha value is -2.96. The topological polar surface area (TPSA) is 51.5 Å². The van der Waals surface area contributed by atoms with Crippen LogP contribution in [-0.4, -0.2) is 33.8 Å². The van der Waals surface area contributed by atoms with Crippen molar-refractivity contribution in [2.45, 2.75) is 26.8 Å². The van der Waals surface area contributed by atoms with Crippen LogP contribution in [-0.2, 0) is 17.8 Å². The van der Waals surface area contributed by atoms with Crippen molar-refractivity contribution in [2.75, 3.05) is 13.2 Å². The van der Waals surface area contributed by atoms with Gasteiger partial charge in [-0.1, -0.05) is 41.9 Å². The summed E-state index contributed by atoms with van der Waals surface area (Å²) in [5, 5.41) is 0.349. The molecule has 0 N–H and O–H groups in total. The first kappa shape index (κ1) is 23.2. The number of nitrogens with zero attached hydrogens (tertiary/aromatic N) is 2. The summed E-state index contributed by atoms with van der Waals surface area (Å²) in [5.74, 6) is 0.364. The van der Waals surface area contributed by atoms with Crippen molar-refractivity contribution in [1.82, 2.24) is 9.47 Å². The maximum atomic E-state index is 12.9. The monoisotopic (exact) mass is 480 g/mol. The van der Waals surface area contributed by atoms with Gasteiger partial charge in [-0.05, 0) is 79.6 Å². The minimum atomic E-state index is -0.279. The summed E-state index contributed by atoms with van der Waals surface area (Å²) in [6.45, 7) is 5.39. The molecule has 2 amide bonds. The second-order valence-electron chi connectivity index (χ2n) is 7.85. The largest absolute Gasteiger partial charge is 0.492 e. The predicted octanol–water partition coefficient (Wildman–Crippen LogP) is 6.12. The Bertz CT molecular complexity index is 1190. The second-order valence-corrected chi connectivity index (χ2v) is 9.28. The standard InChI is InChI=1S/C26H25ClN2O3S/c1-18-16-21(19(2)28(18)13-12-20-6-4-3-5-7-20)17-24-25(30)29(26(31)33-24)14-15-32-23-10-8-22(27)9-11-23/h3-11,16-17H,12-15H2,1-2H3/b24-17-. The maximum Gasteiger partial charge on any atom is 0.293 e. The van der Waals surface area contributed by atoms with Gasteiger partial charge in [-0.2, -0.15) is 0 Å². The molecular formula is C26H25ClN2O3S. The van der Waals surface area contributed by atoms with Crippen molar-refractivity contribution in [3.05, 3.63) is 93.1 Å². The zero-order valence-corrected chi connectivity index (χ0v) is 20.2. The van der Waals surface area contributed by atoms with Gasteiger partial charge in [0.05, 0.1) is 11.4 Å². The molecule has 0 saturated carbocycles. The number of carbonyl (C=O) groups excluding carboxylic acids is 2. The number of hydrogen-bond acceptors (Lipinski definition) is 4. The van der Waals surface area contributed by atoms with E-state index in [-0.39, 0.29) is 24.3 Å². The van der Waals surface area contributed by atoms with Crippen molar-refractivity contribution in [3.8, 4) is 5.75 Å². The Morgan fingerprint density at radius 2 is 1.73 bits per heavy atom. The molecular weight excluding hydrogens is 456 g/mol. The van der Waals surface area contributed by atoms with E-state index in [1.54, 1.807) is 24.3 Å². The van der Waals surface area contributed by atoms with Gasteiger partial charge >= 0.3 is 0 Å². The molecule has 7 heteroatoms. The van der Waals surface area contributed by atoms with Gasteiger partial charge in [0, 0.05) is 23.0 Å². The average molecular weight is 481 g/mol. The number of ether oxygens (including phenoxy) is 1. The van der Waals surface area contributed by atoms with E-state index in [0.717, 1.165) is 41.7 Å². The van der Waals surface area contributed by atoms with E-state index in [2.05, 4.69) is 29.7 Å². The number of thioether (sulfide) groups is 1. The normalized spacial score (nSPS) is 15.0. The van der Waals surface area contributed by atoms with Crippen molar-refractivity contribution in [3.63, 3.8) is 0 Å². The summed E-state index contributed by atoms with van der Waals surface area (Å²) < 4.78 is 7.89. The number of benzene rings is 2. The summed E-state index contributed by atoms with van der Waals surface area (Å²) in [7, 11) is 0. The minimum Gasteiger partial charge on any atom is -0.492 e. The molecule has 0 aliphatic carbocycles. The Balaban J connectivity index is 1.41. The van der Waals surface area contributed by atoms with Crippen LogP contribution < -0.4 is 4.74 Å². The van der Waals surface area contributed by atoms with E-state index in [0.29, 0.717) is 15.7 Å². The first-order chi connectivity index (χ1) is 15.9. The summed E-state index contributed by atoms with van der Waals surface area (Å²) in [6.07, 6.45) is 2.76. The maximum absolute atomic E-state index is 12.9. The molecule has 2 aromatic carbocycles. The lowest BCUT2D eigenvalue weighted by atomic mass is 10.1. The van der Waals surface area contributed by atoms with Crippen molar-refractivity contribution < 1.29 is 14.3 Å². The molecule has 0 spiro atoms. The molecule has 2 heterocycles. The van der Waals surface area contributed by atoms with E-state index in [4.69, 9.17) is 16.3 Å². The average Bonchev–Trinajstić information content (AvgIpc) is 3.23. The van der Waals surface area contributed by atoms with Gasteiger partial charge in [-0.3, -0.25) is 14.5 Å². The third-order valence-electron chi connectivity index (χ3n) is 5.64. The summed E-state index contributed by atoms with van der Waals surface area (Å²) in [5.41, 5.74) is 4.46. The molecule has 1 aliphatic rings. The number of aromatic nitrogens is 1. The summed E-state index contributed by atoms with van der Waals surface area (Å²) >= 11 is 6.85. The molecule has 4 rings (SSSR count). The van der Waals surface area contributed by atoms with Crippen molar-refractivity contribution in [1.29, 1.82) is 0 Å². The smallest absolute Gasteiger partial charge is 0.293 e. The van der Waals surface area contributed by atoms with Crippen LogP contribution in [0.2, 0.25) is 5.02 Å². The van der Waals surface area contributed by atoms with Crippen LogP contribution in [0.15, 0.2) is 65.6 Å². The summed E-state index contributed by atoms with van der Waals surface area (Å²) in [6, 6.07) is 19.4. The SMILES string of the molecule is Cc1cc(/C=C2\SC(=O)N(CCOc3ccc(Cl)cc3)C2=O)c(C)n1CCc1ccccc1. The predicted molar refractivity (Wildman–Crippen MR) is 134 cm³/mol. The number of carbonyl (C=O) groups is 2. The fourth-order valence-electron chi connectivity index (χ4n) is 3.82. The van der Waals surface area contributed by atoms with Gasteiger partial charge < -0.3 is 9.30 Å². The van der Waals surface area contributed by atoms with Crippen LogP contribution in [0.25, 0.3) is 6.08 Å². The molecule has 1 saturated heterocycles. The van der Waals surface area contributed by atoms with Gasteiger partial charge in [0.2, 0.25) is 0 Å². The number of amides is 2. The zero-order chi connectivity index (χ0) is 23.4. The van der Waals surface area contributed by atoms with Crippen molar-refractivity contribution in [2.24, 2.45) is 0 Å². The Kier molecular flexibility index (Phi) is 7.26. The van der Waals surface area contributed by atoms with Gasteiger partial charge in [-0.25, -0.2) is 0 Å². The van der Waals surface area contributed by atoms with Gasteiger partial charge in [0.15, 0.2) is 0 Å². The summed E-state index contributed by atoms with van der Waals surface area (Å²) in [4.78, 5) is 27.0. The van der Waals surface area contributed by atoms with E-state index in [9.17, 15) is 9.59 Å². The first-order valence-electron chi connectivity index (χ1n) is 10.8. The molecule has 1 aromatic heterocycles. The number of hydrogen-bond donors (Lipinski definition) is 0. The van der Waals surface area contributed by atoms with E-state index < -0.39 is 0 Å². The Labute approximate surface area is 203 Å². The van der Waals surface area contributed by atoms with E-state index >= 15 is 0 Å². The number of aryl methyl sites for hydroxylation is 2. The number of imide groups is 1. The Morgan fingerprint density at radius 3 is 2.45 bits per heavy atom. The third-order valence-corrected chi connectivity index (χ3v) is 6.80. The minimum absolute atomic E-state index is 0.195. The van der Waals surface area contributed by atoms with Crippen LogP contribution >= 0.6 is 23.4 Å². The second kappa shape index (κ2) is 10.3. The Morgan fingerprint density at radius 1 is 1.00 bits per heavy atom. The quantitative estimate of drug-likeness (QED) is 0.364. The third kappa shape index (κ3) is 5.52. The van der Waals surface area contributed by atoms with Gasteiger partial charge in [0.25, 0.3) is 11.1 Å².